The van der Waals surface area contributed by atoms with E-state index in [0.29, 0.717) is 22.2 Å². The maximum Gasteiger partial charge on any atom is 0.339 e. The van der Waals surface area contributed by atoms with Crippen molar-refractivity contribution in [1.82, 2.24) is 4.98 Å². The van der Waals surface area contributed by atoms with Gasteiger partial charge in [-0.05, 0) is 35.0 Å². The van der Waals surface area contributed by atoms with Gasteiger partial charge in [0.2, 0.25) is 0 Å². The molecule has 0 saturated carbocycles. The highest BCUT2D eigenvalue weighted by molar-refractivity contribution is 6.06. The lowest BCUT2D eigenvalue weighted by Gasteiger charge is -2.12. The number of halogens is 1. The normalized spacial score (nSPS) is 10.9. The van der Waals surface area contributed by atoms with Crippen LogP contribution >= 0.6 is 0 Å². The molecule has 4 aromatic carbocycles. The number of hydrogen-bond acceptors (Lipinski definition) is 4. The first-order valence-corrected chi connectivity index (χ1v) is 10.6. The number of ether oxygens (including phenoxy) is 2. The van der Waals surface area contributed by atoms with Crippen molar-refractivity contribution in [2.75, 3.05) is 13.2 Å². The average molecular weight is 437 g/mol. The molecule has 5 heteroatoms. The van der Waals surface area contributed by atoms with Crippen LogP contribution in [0.1, 0.15) is 10.4 Å². The summed E-state index contributed by atoms with van der Waals surface area (Å²) in [5.41, 5.74) is 2.77. The summed E-state index contributed by atoms with van der Waals surface area (Å²) in [5, 5.41) is 2.86. The summed E-state index contributed by atoms with van der Waals surface area (Å²) >= 11 is 0. The van der Waals surface area contributed by atoms with Crippen LogP contribution in [0.25, 0.3) is 32.9 Å². The summed E-state index contributed by atoms with van der Waals surface area (Å²) in [4.78, 5) is 17.8. The molecule has 5 rings (SSSR count). The molecule has 0 saturated heterocycles. The van der Waals surface area contributed by atoms with Crippen LogP contribution in [0.15, 0.2) is 97.1 Å². The van der Waals surface area contributed by atoms with Gasteiger partial charge in [0, 0.05) is 10.9 Å². The molecular formula is C28H20FNO3. The van der Waals surface area contributed by atoms with Gasteiger partial charge in [0.15, 0.2) is 11.6 Å². The Labute approximate surface area is 190 Å². The Morgan fingerprint density at radius 2 is 1.52 bits per heavy atom. The molecule has 1 aromatic heterocycles. The molecule has 0 bridgehead atoms. The van der Waals surface area contributed by atoms with Crippen molar-refractivity contribution in [3.8, 4) is 17.0 Å². The third-order valence-corrected chi connectivity index (χ3v) is 5.41. The Morgan fingerprint density at radius 1 is 0.788 bits per heavy atom. The van der Waals surface area contributed by atoms with E-state index in [2.05, 4.69) is 0 Å². The second-order valence-corrected chi connectivity index (χ2v) is 7.51. The fourth-order valence-corrected chi connectivity index (χ4v) is 3.86. The standard InChI is InChI=1S/C28H20FNO3/c29-24-13-4-6-15-27(24)32-16-17-33-28(31)23-18-26(30-25-14-5-3-11-22(23)25)21-12-7-9-19-8-1-2-10-20(19)21/h1-15,18H,16-17H2. The number of hydrogen-bond donors (Lipinski definition) is 0. The van der Waals surface area contributed by atoms with E-state index in [0.717, 1.165) is 16.3 Å². The van der Waals surface area contributed by atoms with Gasteiger partial charge in [0.25, 0.3) is 0 Å². The maximum absolute atomic E-state index is 13.7. The monoisotopic (exact) mass is 437 g/mol. The maximum atomic E-state index is 13.7. The number of carbonyl (C=O) groups excluding carboxylic acids is 1. The topological polar surface area (TPSA) is 48.4 Å². The van der Waals surface area contributed by atoms with Crippen molar-refractivity contribution >= 4 is 27.6 Å². The third kappa shape index (κ3) is 4.26. The van der Waals surface area contributed by atoms with Crippen LogP contribution in [0.3, 0.4) is 0 Å². The average Bonchev–Trinajstić information content (AvgIpc) is 2.86. The zero-order valence-corrected chi connectivity index (χ0v) is 17.7. The molecule has 5 aromatic rings. The molecule has 0 aliphatic heterocycles. The van der Waals surface area contributed by atoms with Gasteiger partial charge in [-0.3, -0.25) is 0 Å². The first kappa shape index (κ1) is 20.6. The fourth-order valence-electron chi connectivity index (χ4n) is 3.86. The lowest BCUT2D eigenvalue weighted by atomic mass is 9.99. The van der Waals surface area contributed by atoms with Crippen LogP contribution in [0.2, 0.25) is 0 Å². The summed E-state index contributed by atoms with van der Waals surface area (Å²) in [5.74, 6) is -0.808. The number of para-hydroxylation sites is 2. The lowest BCUT2D eigenvalue weighted by Crippen LogP contribution is -2.13. The van der Waals surface area contributed by atoms with E-state index >= 15 is 0 Å². The Kier molecular flexibility index (Phi) is 5.68. The molecule has 0 radical (unpaired) electrons. The molecule has 0 N–H and O–H groups in total. The van der Waals surface area contributed by atoms with E-state index in [-0.39, 0.29) is 19.0 Å². The van der Waals surface area contributed by atoms with E-state index in [9.17, 15) is 9.18 Å². The number of carbonyl (C=O) groups is 1. The number of esters is 1. The predicted molar refractivity (Wildman–Crippen MR) is 127 cm³/mol. The molecule has 0 amide bonds. The Morgan fingerprint density at radius 3 is 2.39 bits per heavy atom. The van der Waals surface area contributed by atoms with Crippen molar-refractivity contribution in [3.63, 3.8) is 0 Å². The van der Waals surface area contributed by atoms with Crippen molar-refractivity contribution < 1.29 is 18.7 Å². The SMILES string of the molecule is O=C(OCCOc1ccccc1F)c1cc(-c2cccc3ccccc23)nc2ccccc12. The van der Waals surface area contributed by atoms with E-state index < -0.39 is 11.8 Å². The zero-order valence-electron chi connectivity index (χ0n) is 17.7. The van der Waals surface area contributed by atoms with Crippen molar-refractivity contribution in [2.45, 2.75) is 0 Å². The van der Waals surface area contributed by atoms with Crippen molar-refractivity contribution in [2.24, 2.45) is 0 Å². The molecule has 1 heterocycles. The molecule has 0 fully saturated rings. The minimum Gasteiger partial charge on any atom is -0.487 e. The van der Waals surface area contributed by atoms with Gasteiger partial charge in [-0.25, -0.2) is 14.2 Å². The summed E-state index contributed by atoms with van der Waals surface area (Å²) in [6.45, 7) is 0.0410. The van der Waals surface area contributed by atoms with Crippen LogP contribution in [-0.4, -0.2) is 24.2 Å². The van der Waals surface area contributed by atoms with E-state index in [1.807, 2.05) is 66.7 Å². The van der Waals surface area contributed by atoms with Gasteiger partial charge in [0.1, 0.15) is 13.2 Å². The lowest BCUT2D eigenvalue weighted by molar-refractivity contribution is 0.0450. The molecule has 4 nitrogen and oxygen atoms in total. The molecule has 0 spiro atoms. The van der Waals surface area contributed by atoms with E-state index in [4.69, 9.17) is 14.5 Å². The van der Waals surface area contributed by atoms with E-state index in [1.165, 1.54) is 12.1 Å². The van der Waals surface area contributed by atoms with Crippen LogP contribution < -0.4 is 4.74 Å². The number of nitrogens with zero attached hydrogens (tertiary/aromatic N) is 1. The predicted octanol–water partition coefficient (Wildman–Crippen LogP) is 6.43. The number of benzene rings is 4. The Balaban J connectivity index is 1.44. The van der Waals surface area contributed by atoms with Crippen LogP contribution in [0, 0.1) is 5.82 Å². The van der Waals surface area contributed by atoms with Gasteiger partial charge in [0.05, 0.1) is 16.8 Å². The van der Waals surface area contributed by atoms with Crippen LogP contribution in [0.4, 0.5) is 4.39 Å². The number of aromatic nitrogens is 1. The number of fused-ring (bicyclic) bond motifs is 2. The van der Waals surface area contributed by atoms with Gasteiger partial charge < -0.3 is 9.47 Å². The molecule has 0 unspecified atom stereocenters. The van der Waals surface area contributed by atoms with Crippen LogP contribution in [-0.2, 0) is 4.74 Å². The van der Waals surface area contributed by atoms with Crippen molar-refractivity contribution in [3.05, 3.63) is 108 Å². The second-order valence-electron chi connectivity index (χ2n) is 7.51. The van der Waals surface area contributed by atoms with Crippen LogP contribution in [0.5, 0.6) is 5.75 Å². The summed E-state index contributed by atoms with van der Waals surface area (Å²) in [6, 6.07) is 29.4. The van der Waals surface area contributed by atoms with E-state index in [1.54, 1.807) is 18.2 Å². The summed E-state index contributed by atoms with van der Waals surface area (Å²) in [6.07, 6.45) is 0. The minimum absolute atomic E-state index is 0.00653. The first-order valence-electron chi connectivity index (χ1n) is 10.6. The van der Waals surface area contributed by atoms with Crippen molar-refractivity contribution in [1.29, 1.82) is 0 Å². The molecule has 33 heavy (non-hydrogen) atoms. The van der Waals surface area contributed by atoms with Gasteiger partial charge in [-0.1, -0.05) is 72.8 Å². The number of rotatable bonds is 6. The molecule has 0 aliphatic carbocycles. The summed E-state index contributed by atoms with van der Waals surface area (Å²) in [7, 11) is 0. The Hall–Kier alpha value is -4.25. The smallest absolute Gasteiger partial charge is 0.339 e. The first-order chi connectivity index (χ1) is 16.2. The molecule has 0 aliphatic rings. The largest absolute Gasteiger partial charge is 0.487 e. The molecule has 162 valence electrons. The second kappa shape index (κ2) is 9.09. The highest BCUT2D eigenvalue weighted by Crippen LogP contribution is 2.30. The quantitative estimate of drug-likeness (QED) is 0.227. The van der Waals surface area contributed by atoms with Gasteiger partial charge >= 0.3 is 5.97 Å². The highest BCUT2D eigenvalue weighted by atomic mass is 19.1. The minimum atomic E-state index is -0.479. The molecule has 0 atom stereocenters. The highest BCUT2D eigenvalue weighted by Gasteiger charge is 2.16. The zero-order chi connectivity index (χ0) is 22.6. The number of pyridine rings is 1. The summed E-state index contributed by atoms with van der Waals surface area (Å²) < 4.78 is 24.5. The van der Waals surface area contributed by atoms with Gasteiger partial charge in [-0.15, -0.1) is 0 Å². The third-order valence-electron chi connectivity index (χ3n) is 5.41. The Bertz CT molecular complexity index is 1460. The van der Waals surface area contributed by atoms with Gasteiger partial charge in [-0.2, -0.15) is 0 Å². The fraction of sp³-hybridized carbons (Fsp3) is 0.0714. The molecular weight excluding hydrogens is 417 g/mol.